The molecule has 0 fully saturated rings. The van der Waals surface area contributed by atoms with E-state index in [4.69, 9.17) is 0 Å². The Morgan fingerprint density at radius 2 is 1.77 bits per heavy atom. The van der Waals surface area contributed by atoms with E-state index in [0.29, 0.717) is 16.7 Å². The highest BCUT2D eigenvalue weighted by Crippen LogP contribution is 2.28. The van der Waals surface area contributed by atoms with Gasteiger partial charge in [0.05, 0.1) is 11.8 Å². The van der Waals surface area contributed by atoms with Gasteiger partial charge in [-0.15, -0.1) is 10.2 Å². The van der Waals surface area contributed by atoms with Crippen LogP contribution >= 0.6 is 11.8 Å². The summed E-state index contributed by atoms with van der Waals surface area (Å²) in [4.78, 5) is 16.9. The second-order valence-corrected chi connectivity index (χ2v) is 9.61. The Bertz CT molecular complexity index is 1320. The third-order valence-corrected chi connectivity index (χ3v) is 7.17. The van der Waals surface area contributed by atoms with Gasteiger partial charge in [0.25, 0.3) is 0 Å². The maximum atomic E-state index is 13.6. The van der Waals surface area contributed by atoms with Gasteiger partial charge in [-0.05, 0) is 85.7 Å². The van der Waals surface area contributed by atoms with Gasteiger partial charge in [-0.1, -0.05) is 30.0 Å². The van der Waals surface area contributed by atoms with E-state index in [1.54, 1.807) is 24.5 Å². The summed E-state index contributed by atoms with van der Waals surface area (Å²) in [6, 6.07) is 16.3. The molecule has 1 aliphatic rings. The lowest BCUT2D eigenvalue weighted by Gasteiger charge is -2.20. The molecule has 2 heterocycles. The second-order valence-electron chi connectivity index (χ2n) is 8.67. The van der Waals surface area contributed by atoms with Crippen molar-refractivity contribution in [3.8, 4) is 17.1 Å². The standard InChI is InChI=1S/C27H26FN5OS/c1-18(21-7-6-19-4-2-3-5-22(19)16-21)30-25(34)17-35-27-32-31-26(20-12-14-29-15-13-20)33(27)24-10-8-23(28)9-11-24/h6-16,18H,2-5,17H2,1H3,(H,30,34)/t18-/m0/s1. The van der Waals surface area contributed by atoms with Crippen LogP contribution in [0.3, 0.4) is 0 Å². The molecule has 2 aromatic carbocycles. The van der Waals surface area contributed by atoms with E-state index >= 15 is 0 Å². The third kappa shape index (κ3) is 5.27. The van der Waals surface area contributed by atoms with Crippen molar-refractivity contribution in [1.82, 2.24) is 25.1 Å². The highest BCUT2D eigenvalue weighted by Gasteiger charge is 2.19. The minimum absolute atomic E-state index is 0.0839. The maximum Gasteiger partial charge on any atom is 0.230 e. The number of nitrogens with one attached hydrogen (secondary N) is 1. The summed E-state index contributed by atoms with van der Waals surface area (Å²) in [5.41, 5.74) is 5.50. The van der Waals surface area contributed by atoms with Crippen LogP contribution in [0.15, 0.2) is 72.1 Å². The number of rotatable bonds is 7. The average Bonchev–Trinajstić information content (AvgIpc) is 3.32. The van der Waals surface area contributed by atoms with Gasteiger partial charge >= 0.3 is 0 Å². The first-order valence-corrected chi connectivity index (χ1v) is 12.7. The number of nitrogens with zero attached hydrogens (tertiary/aromatic N) is 4. The molecule has 0 saturated carbocycles. The Morgan fingerprint density at radius 1 is 1.03 bits per heavy atom. The number of amides is 1. The third-order valence-electron chi connectivity index (χ3n) is 6.24. The summed E-state index contributed by atoms with van der Waals surface area (Å²) in [6.07, 6.45) is 8.09. The van der Waals surface area contributed by atoms with E-state index in [2.05, 4.69) is 38.7 Å². The summed E-state index contributed by atoms with van der Waals surface area (Å²) in [5, 5.41) is 12.3. The topological polar surface area (TPSA) is 72.7 Å². The molecule has 1 amide bonds. The minimum Gasteiger partial charge on any atom is -0.349 e. The van der Waals surface area contributed by atoms with Crippen molar-refractivity contribution >= 4 is 17.7 Å². The number of aryl methyl sites for hydroxylation is 2. The van der Waals surface area contributed by atoms with E-state index in [0.717, 1.165) is 24.0 Å². The monoisotopic (exact) mass is 487 g/mol. The first kappa shape index (κ1) is 23.2. The van der Waals surface area contributed by atoms with Crippen molar-refractivity contribution in [3.63, 3.8) is 0 Å². The molecule has 2 aromatic heterocycles. The summed E-state index contributed by atoms with van der Waals surface area (Å²) in [5.74, 6) is 0.381. The zero-order valence-corrected chi connectivity index (χ0v) is 20.3. The lowest BCUT2D eigenvalue weighted by Crippen LogP contribution is -2.28. The molecule has 35 heavy (non-hydrogen) atoms. The predicted molar refractivity (Wildman–Crippen MR) is 135 cm³/mol. The maximum absolute atomic E-state index is 13.6. The lowest BCUT2D eigenvalue weighted by atomic mass is 9.89. The molecule has 178 valence electrons. The van der Waals surface area contributed by atoms with Gasteiger partial charge in [-0.3, -0.25) is 14.3 Å². The molecule has 0 radical (unpaired) electrons. The Balaban J connectivity index is 1.31. The van der Waals surface area contributed by atoms with Crippen LogP contribution in [-0.4, -0.2) is 31.4 Å². The molecule has 6 nitrogen and oxygen atoms in total. The van der Waals surface area contributed by atoms with E-state index < -0.39 is 0 Å². The van der Waals surface area contributed by atoms with Crippen LogP contribution in [0.1, 0.15) is 42.5 Å². The van der Waals surface area contributed by atoms with Crippen molar-refractivity contribution < 1.29 is 9.18 Å². The fourth-order valence-corrected chi connectivity index (χ4v) is 5.16. The Hall–Kier alpha value is -3.52. The summed E-state index contributed by atoms with van der Waals surface area (Å²) >= 11 is 1.30. The average molecular weight is 488 g/mol. The van der Waals surface area contributed by atoms with E-state index in [9.17, 15) is 9.18 Å². The number of pyridine rings is 1. The van der Waals surface area contributed by atoms with Crippen LogP contribution in [0.25, 0.3) is 17.1 Å². The van der Waals surface area contributed by atoms with Crippen molar-refractivity contribution in [2.75, 3.05) is 5.75 Å². The van der Waals surface area contributed by atoms with E-state index in [-0.39, 0.29) is 23.5 Å². The number of benzene rings is 2. The predicted octanol–water partition coefficient (Wildman–Crippen LogP) is 5.32. The molecule has 1 N–H and O–H groups in total. The summed E-state index contributed by atoms with van der Waals surface area (Å²) in [7, 11) is 0. The van der Waals surface area contributed by atoms with Crippen LogP contribution in [-0.2, 0) is 17.6 Å². The number of fused-ring (bicyclic) bond motifs is 1. The summed E-state index contributed by atoms with van der Waals surface area (Å²) < 4.78 is 15.4. The highest BCUT2D eigenvalue weighted by molar-refractivity contribution is 7.99. The van der Waals surface area contributed by atoms with E-state index in [1.807, 2.05) is 23.6 Å². The van der Waals surface area contributed by atoms with Gasteiger partial charge in [0.15, 0.2) is 11.0 Å². The summed E-state index contributed by atoms with van der Waals surface area (Å²) in [6.45, 7) is 2.01. The molecule has 5 rings (SSSR count). The van der Waals surface area contributed by atoms with Crippen LogP contribution in [0, 0.1) is 5.82 Å². The van der Waals surface area contributed by atoms with Crippen molar-refractivity contribution in [2.24, 2.45) is 0 Å². The van der Waals surface area contributed by atoms with Gasteiger partial charge in [-0.2, -0.15) is 0 Å². The molecule has 4 aromatic rings. The number of carbonyl (C=O) groups excluding carboxylic acids is 1. The van der Waals surface area contributed by atoms with Gasteiger partial charge in [0.1, 0.15) is 5.82 Å². The lowest BCUT2D eigenvalue weighted by molar-refractivity contribution is -0.119. The first-order chi connectivity index (χ1) is 17.1. The molecular weight excluding hydrogens is 461 g/mol. The van der Waals surface area contributed by atoms with E-state index in [1.165, 1.54) is 47.9 Å². The number of carbonyl (C=O) groups is 1. The SMILES string of the molecule is C[C@H](NC(=O)CSc1nnc(-c2ccncc2)n1-c1ccc(F)cc1)c1ccc2c(c1)CCCC2. The number of hydrogen-bond donors (Lipinski definition) is 1. The molecule has 8 heteroatoms. The molecule has 0 spiro atoms. The van der Waals surface area contributed by atoms with Gasteiger partial charge < -0.3 is 5.32 Å². The highest BCUT2D eigenvalue weighted by atomic mass is 32.2. The number of aromatic nitrogens is 4. The van der Waals surface area contributed by atoms with Crippen molar-refractivity contribution in [3.05, 3.63) is 89.5 Å². The van der Waals surface area contributed by atoms with Crippen LogP contribution < -0.4 is 5.32 Å². The van der Waals surface area contributed by atoms with Crippen LogP contribution in [0.4, 0.5) is 4.39 Å². The molecule has 0 bridgehead atoms. The Morgan fingerprint density at radius 3 is 2.54 bits per heavy atom. The van der Waals surface area contributed by atoms with Crippen LogP contribution in [0.5, 0.6) is 0 Å². The van der Waals surface area contributed by atoms with Crippen LogP contribution in [0.2, 0.25) is 0 Å². The number of hydrogen-bond acceptors (Lipinski definition) is 5. The first-order valence-electron chi connectivity index (χ1n) is 11.7. The number of thioether (sulfide) groups is 1. The largest absolute Gasteiger partial charge is 0.349 e. The zero-order valence-electron chi connectivity index (χ0n) is 19.4. The molecule has 0 saturated heterocycles. The van der Waals surface area contributed by atoms with Gasteiger partial charge in [0.2, 0.25) is 5.91 Å². The zero-order chi connectivity index (χ0) is 24.2. The Kier molecular flexibility index (Phi) is 6.90. The number of halogens is 1. The van der Waals surface area contributed by atoms with Gasteiger partial charge in [-0.25, -0.2) is 4.39 Å². The fourth-order valence-electron chi connectivity index (χ4n) is 4.39. The fraction of sp³-hybridized carbons (Fsp3) is 0.259. The molecular formula is C27H26FN5OS. The molecule has 1 aliphatic carbocycles. The molecule has 0 aliphatic heterocycles. The molecule has 0 unspecified atom stereocenters. The van der Waals surface area contributed by atoms with Crippen molar-refractivity contribution in [1.29, 1.82) is 0 Å². The normalized spacial score (nSPS) is 13.8. The quantitative estimate of drug-likeness (QED) is 0.357. The van der Waals surface area contributed by atoms with Crippen molar-refractivity contribution in [2.45, 2.75) is 43.8 Å². The minimum atomic E-state index is -0.322. The second kappa shape index (κ2) is 10.4. The smallest absolute Gasteiger partial charge is 0.230 e. The van der Waals surface area contributed by atoms with Gasteiger partial charge in [0, 0.05) is 23.6 Å². The molecule has 1 atom stereocenters. The Labute approximate surface area is 208 Å².